The zero-order valence-electron chi connectivity index (χ0n) is 9.52. The maximum atomic E-state index is 8.97. The summed E-state index contributed by atoms with van der Waals surface area (Å²) in [4.78, 5) is 0. The van der Waals surface area contributed by atoms with Crippen LogP contribution in [-0.4, -0.2) is 11.7 Å². The SMILES string of the molecule is NCc1cocc1-c1cccc(CCO)c1N. The summed E-state index contributed by atoms with van der Waals surface area (Å²) in [7, 11) is 0. The van der Waals surface area contributed by atoms with E-state index in [0.717, 1.165) is 22.3 Å². The number of para-hydroxylation sites is 1. The van der Waals surface area contributed by atoms with E-state index < -0.39 is 0 Å². The van der Waals surface area contributed by atoms with Crippen LogP contribution in [0.2, 0.25) is 0 Å². The second-order valence-electron chi connectivity index (χ2n) is 3.87. The first-order chi connectivity index (χ1) is 8.27. The number of benzene rings is 1. The van der Waals surface area contributed by atoms with E-state index in [1.165, 1.54) is 0 Å². The molecule has 0 unspecified atom stereocenters. The van der Waals surface area contributed by atoms with Crippen LogP contribution in [0, 0.1) is 0 Å². The van der Waals surface area contributed by atoms with E-state index in [1.807, 2.05) is 18.2 Å². The monoisotopic (exact) mass is 232 g/mol. The minimum atomic E-state index is 0.0861. The minimum Gasteiger partial charge on any atom is -0.472 e. The molecule has 0 fully saturated rings. The van der Waals surface area contributed by atoms with Crippen LogP contribution in [0.25, 0.3) is 11.1 Å². The van der Waals surface area contributed by atoms with Crippen molar-refractivity contribution in [1.29, 1.82) is 0 Å². The molecule has 4 heteroatoms. The Morgan fingerprint density at radius 2 is 1.94 bits per heavy atom. The fourth-order valence-corrected chi connectivity index (χ4v) is 1.90. The Morgan fingerprint density at radius 3 is 2.65 bits per heavy atom. The van der Waals surface area contributed by atoms with Gasteiger partial charge in [0.25, 0.3) is 0 Å². The lowest BCUT2D eigenvalue weighted by atomic mass is 9.98. The first-order valence-electron chi connectivity index (χ1n) is 5.51. The van der Waals surface area contributed by atoms with E-state index >= 15 is 0 Å². The number of furan rings is 1. The van der Waals surface area contributed by atoms with Gasteiger partial charge in [0, 0.05) is 35.5 Å². The molecule has 1 heterocycles. The third-order valence-corrected chi connectivity index (χ3v) is 2.83. The Kier molecular flexibility index (Phi) is 3.46. The summed E-state index contributed by atoms with van der Waals surface area (Å²) in [6, 6.07) is 5.77. The van der Waals surface area contributed by atoms with Gasteiger partial charge in [-0.2, -0.15) is 0 Å². The molecule has 90 valence electrons. The summed E-state index contributed by atoms with van der Waals surface area (Å²) in [6.07, 6.45) is 3.83. The van der Waals surface area contributed by atoms with Crippen LogP contribution in [0.3, 0.4) is 0 Å². The molecule has 17 heavy (non-hydrogen) atoms. The quantitative estimate of drug-likeness (QED) is 0.698. The van der Waals surface area contributed by atoms with Gasteiger partial charge in [-0.3, -0.25) is 0 Å². The Labute approximate surface area is 99.9 Å². The maximum absolute atomic E-state index is 8.97. The number of aliphatic hydroxyl groups excluding tert-OH is 1. The van der Waals surface area contributed by atoms with E-state index in [9.17, 15) is 0 Å². The van der Waals surface area contributed by atoms with Gasteiger partial charge in [0.2, 0.25) is 0 Å². The van der Waals surface area contributed by atoms with E-state index in [1.54, 1.807) is 12.5 Å². The van der Waals surface area contributed by atoms with Crippen molar-refractivity contribution in [2.24, 2.45) is 5.73 Å². The van der Waals surface area contributed by atoms with Crippen molar-refractivity contribution in [2.45, 2.75) is 13.0 Å². The molecule has 0 saturated heterocycles. The van der Waals surface area contributed by atoms with Crippen molar-refractivity contribution in [2.75, 3.05) is 12.3 Å². The number of anilines is 1. The van der Waals surface area contributed by atoms with Gasteiger partial charge in [-0.05, 0) is 12.0 Å². The molecule has 2 rings (SSSR count). The van der Waals surface area contributed by atoms with Crippen LogP contribution in [0.5, 0.6) is 0 Å². The maximum Gasteiger partial charge on any atom is 0.0985 e. The van der Waals surface area contributed by atoms with Gasteiger partial charge in [-0.25, -0.2) is 0 Å². The molecule has 0 bridgehead atoms. The smallest absolute Gasteiger partial charge is 0.0985 e. The van der Waals surface area contributed by atoms with Gasteiger partial charge in [0.15, 0.2) is 0 Å². The highest BCUT2D eigenvalue weighted by atomic mass is 16.3. The highest BCUT2D eigenvalue weighted by molar-refractivity contribution is 5.79. The molecule has 0 aliphatic heterocycles. The van der Waals surface area contributed by atoms with E-state index in [2.05, 4.69) is 0 Å². The average molecular weight is 232 g/mol. The van der Waals surface area contributed by atoms with Crippen molar-refractivity contribution >= 4 is 5.69 Å². The van der Waals surface area contributed by atoms with Gasteiger partial charge in [0.1, 0.15) is 0 Å². The molecule has 2 aromatic rings. The van der Waals surface area contributed by atoms with Crippen LogP contribution in [0.4, 0.5) is 5.69 Å². The molecular weight excluding hydrogens is 216 g/mol. The summed E-state index contributed by atoms with van der Waals surface area (Å²) >= 11 is 0. The molecule has 0 atom stereocenters. The van der Waals surface area contributed by atoms with Gasteiger partial charge >= 0.3 is 0 Å². The Hall–Kier alpha value is -1.78. The number of hydrogen-bond acceptors (Lipinski definition) is 4. The summed E-state index contributed by atoms with van der Waals surface area (Å²) in [5, 5.41) is 8.97. The first-order valence-corrected chi connectivity index (χ1v) is 5.51. The molecule has 0 saturated carbocycles. The van der Waals surface area contributed by atoms with Crippen molar-refractivity contribution in [1.82, 2.24) is 0 Å². The van der Waals surface area contributed by atoms with Gasteiger partial charge in [-0.15, -0.1) is 0 Å². The lowest BCUT2D eigenvalue weighted by Crippen LogP contribution is -2.01. The van der Waals surface area contributed by atoms with E-state index in [0.29, 0.717) is 18.7 Å². The number of aliphatic hydroxyl groups is 1. The second kappa shape index (κ2) is 5.03. The van der Waals surface area contributed by atoms with Crippen molar-refractivity contribution in [3.63, 3.8) is 0 Å². The number of nitrogen functional groups attached to an aromatic ring is 1. The highest BCUT2D eigenvalue weighted by Gasteiger charge is 2.11. The van der Waals surface area contributed by atoms with E-state index in [-0.39, 0.29) is 6.61 Å². The molecule has 0 aliphatic rings. The molecule has 1 aromatic heterocycles. The van der Waals surface area contributed by atoms with Crippen molar-refractivity contribution < 1.29 is 9.52 Å². The summed E-state index contributed by atoms with van der Waals surface area (Å²) in [6.45, 7) is 0.498. The predicted molar refractivity (Wildman–Crippen MR) is 67.2 cm³/mol. The van der Waals surface area contributed by atoms with Gasteiger partial charge in [-0.1, -0.05) is 18.2 Å². The van der Waals surface area contributed by atoms with Crippen LogP contribution >= 0.6 is 0 Å². The Morgan fingerprint density at radius 1 is 1.12 bits per heavy atom. The Bertz CT molecular complexity index is 506. The lowest BCUT2D eigenvalue weighted by Gasteiger charge is -2.10. The Balaban J connectivity index is 2.49. The number of rotatable bonds is 4. The molecule has 0 radical (unpaired) electrons. The van der Waals surface area contributed by atoms with Crippen LogP contribution in [0.1, 0.15) is 11.1 Å². The molecule has 5 N–H and O–H groups in total. The molecule has 0 spiro atoms. The lowest BCUT2D eigenvalue weighted by molar-refractivity contribution is 0.300. The zero-order chi connectivity index (χ0) is 12.3. The summed E-state index contributed by atoms with van der Waals surface area (Å²) in [5.74, 6) is 0. The van der Waals surface area contributed by atoms with Crippen molar-refractivity contribution in [3.05, 3.63) is 41.9 Å². The van der Waals surface area contributed by atoms with E-state index in [4.69, 9.17) is 21.0 Å². The fourth-order valence-electron chi connectivity index (χ4n) is 1.90. The summed E-state index contributed by atoms with van der Waals surface area (Å²) in [5.41, 5.74) is 16.1. The van der Waals surface area contributed by atoms with Gasteiger partial charge < -0.3 is 21.0 Å². The second-order valence-corrected chi connectivity index (χ2v) is 3.87. The molecule has 1 aromatic carbocycles. The van der Waals surface area contributed by atoms with Crippen LogP contribution < -0.4 is 11.5 Å². The van der Waals surface area contributed by atoms with Crippen LogP contribution in [-0.2, 0) is 13.0 Å². The largest absolute Gasteiger partial charge is 0.472 e. The van der Waals surface area contributed by atoms with Crippen molar-refractivity contribution in [3.8, 4) is 11.1 Å². The zero-order valence-corrected chi connectivity index (χ0v) is 9.52. The standard InChI is InChI=1S/C13H16N2O2/c14-6-10-7-17-8-12(10)11-3-1-2-9(4-5-16)13(11)15/h1-3,7-8,16H,4-6,14-15H2. The normalized spacial score (nSPS) is 10.7. The van der Waals surface area contributed by atoms with Gasteiger partial charge in [0.05, 0.1) is 12.5 Å². The third-order valence-electron chi connectivity index (χ3n) is 2.83. The molecule has 0 aliphatic carbocycles. The molecule has 4 nitrogen and oxygen atoms in total. The molecule has 0 amide bonds. The number of hydrogen-bond donors (Lipinski definition) is 3. The molecular formula is C13H16N2O2. The number of nitrogens with two attached hydrogens (primary N) is 2. The fraction of sp³-hybridized carbons (Fsp3) is 0.231. The minimum absolute atomic E-state index is 0.0861. The highest BCUT2D eigenvalue weighted by Crippen LogP contribution is 2.31. The van der Waals surface area contributed by atoms with Crippen LogP contribution in [0.15, 0.2) is 35.1 Å². The third kappa shape index (κ3) is 2.18. The first kappa shape index (κ1) is 11.7. The average Bonchev–Trinajstić information content (AvgIpc) is 2.80. The summed E-state index contributed by atoms with van der Waals surface area (Å²) < 4.78 is 5.16. The predicted octanol–water partition coefficient (Wildman–Crippen LogP) is 1.52. The topological polar surface area (TPSA) is 85.4 Å².